The summed E-state index contributed by atoms with van der Waals surface area (Å²) in [7, 11) is 0. The summed E-state index contributed by atoms with van der Waals surface area (Å²) in [6.45, 7) is 6.21. The molecular weight excluding hydrogens is 288 g/mol. The Hall–Kier alpha value is -1.07. The van der Waals surface area contributed by atoms with Crippen molar-refractivity contribution in [3.05, 3.63) is 37.7 Å². The van der Waals surface area contributed by atoms with Gasteiger partial charge in [-0.05, 0) is 41.7 Å². The third kappa shape index (κ3) is 2.92. The maximum atomic E-state index is 11.2. The molecule has 19 heavy (non-hydrogen) atoms. The molecule has 0 fully saturated rings. The van der Waals surface area contributed by atoms with Crippen molar-refractivity contribution >= 4 is 29.3 Å². The molecule has 0 amide bonds. The minimum Gasteiger partial charge on any atom is -0.478 e. The van der Waals surface area contributed by atoms with Crippen molar-refractivity contribution in [3.8, 4) is 0 Å². The molecule has 1 N–H and O–H groups in total. The largest absolute Gasteiger partial charge is 0.478 e. The second-order valence-electron chi connectivity index (χ2n) is 5.05. The summed E-state index contributed by atoms with van der Waals surface area (Å²) >= 11 is 8.06. The summed E-state index contributed by atoms with van der Waals surface area (Å²) in [5, 5.41) is 9.58. The van der Waals surface area contributed by atoms with Gasteiger partial charge in [0.15, 0.2) is 0 Å². The molecule has 104 valence electrons. The smallest absolute Gasteiger partial charge is 0.337 e. The molecule has 0 saturated heterocycles. The summed E-state index contributed by atoms with van der Waals surface area (Å²) < 4.78 is 0. The molecule has 1 heterocycles. The Morgan fingerprint density at radius 1 is 1.42 bits per heavy atom. The number of thioether (sulfide) groups is 1. The Morgan fingerprint density at radius 2 is 2.00 bits per heavy atom. The van der Waals surface area contributed by atoms with Gasteiger partial charge in [-0.3, -0.25) is 0 Å². The van der Waals surface area contributed by atoms with E-state index in [2.05, 4.69) is 13.8 Å². The molecule has 0 spiro atoms. The zero-order chi connectivity index (χ0) is 14.8. The molecule has 6 heteroatoms. The van der Waals surface area contributed by atoms with Crippen LogP contribution in [-0.4, -0.2) is 16.8 Å². The first-order chi connectivity index (χ1) is 8.84. The number of carboxylic acids is 1. The fraction of sp³-hybridized carbons (Fsp3) is 0.462. The highest BCUT2D eigenvalue weighted by Gasteiger charge is 2.33. The van der Waals surface area contributed by atoms with Crippen molar-refractivity contribution < 1.29 is 9.90 Å². The molecule has 0 radical (unpaired) electrons. The van der Waals surface area contributed by atoms with Crippen LogP contribution >= 0.6 is 23.4 Å². The van der Waals surface area contributed by atoms with E-state index in [9.17, 15) is 9.90 Å². The second kappa shape index (κ2) is 5.92. The number of benzene rings is 1. The standard InChI is InChI=1S/C13H15ClO2S.O2/c1-7-6-8(12(15)16)10(14)9-11(7)17-5-4-13(9,2)3;1-2/h6H,4-5H2,1-3H3,(H,15,16);. The van der Waals surface area contributed by atoms with E-state index >= 15 is 0 Å². The van der Waals surface area contributed by atoms with Gasteiger partial charge in [-0.15, -0.1) is 11.8 Å². The third-order valence-corrected chi connectivity index (χ3v) is 4.90. The van der Waals surface area contributed by atoms with Gasteiger partial charge in [0, 0.05) is 14.8 Å². The van der Waals surface area contributed by atoms with Crippen molar-refractivity contribution in [2.75, 3.05) is 5.75 Å². The van der Waals surface area contributed by atoms with Crippen molar-refractivity contribution in [1.29, 1.82) is 0 Å². The van der Waals surface area contributed by atoms with Crippen molar-refractivity contribution in [1.82, 2.24) is 0 Å². The lowest BCUT2D eigenvalue weighted by atomic mass is 9.80. The van der Waals surface area contributed by atoms with Crippen LogP contribution in [-0.2, 0) is 5.41 Å². The predicted molar refractivity (Wildman–Crippen MR) is 78.2 cm³/mol. The Kier molecular flexibility index (Phi) is 4.98. The molecule has 1 aliphatic heterocycles. The third-order valence-electron chi connectivity index (χ3n) is 3.28. The molecule has 0 aliphatic carbocycles. The van der Waals surface area contributed by atoms with Crippen molar-refractivity contribution in [3.63, 3.8) is 0 Å². The van der Waals surface area contributed by atoms with E-state index in [0.717, 1.165) is 28.2 Å². The molecule has 0 aromatic heterocycles. The van der Waals surface area contributed by atoms with Gasteiger partial charge in [-0.2, -0.15) is 0 Å². The zero-order valence-electron chi connectivity index (χ0n) is 10.9. The number of hydrogen-bond acceptors (Lipinski definition) is 4. The summed E-state index contributed by atoms with van der Waals surface area (Å²) in [6, 6.07) is 1.68. The highest BCUT2D eigenvalue weighted by Crippen LogP contribution is 2.47. The van der Waals surface area contributed by atoms with E-state index in [-0.39, 0.29) is 11.0 Å². The van der Waals surface area contributed by atoms with Gasteiger partial charge in [0.1, 0.15) is 0 Å². The van der Waals surface area contributed by atoms with Gasteiger partial charge in [-0.1, -0.05) is 25.4 Å². The van der Waals surface area contributed by atoms with Crippen molar-refractivity contribution in [2.45, 2.75) is 37.5 Å². The van der Waals surface area contributed by atoms with Crippen molar-refractivity contribution in [2.24, 2.45) is 0 Å². The molecule has 0 unspecified atom stereocenters. The summed E-state index contributed by atoms with van der Waals surface area (Å²) in [6.07, 6.45) is 1.02. The van der Waals surface area contributed by atoms with E-state index in [1.165, 1.54) is 0 Å². The van der Waals surface area contributed by atoms with Gasteiger partial charge in [0.2, 0.25) is 0 Å². The Morgan fingerprint density at radius 3 is 2.53 bits per heavy atom. The molecule has 0 bridgehead atoms. The SMILES string of the molecule is Cc1cc(C(=O)O)c(Cl)c2c1SCCC2(C)C.O=O. The number of aromatic carboxylic acids is 1. The van der Waals surface area contributed by atoms with E-state index < -0.39 is 5.97 Å². The first kappa shape index (κ1) is 16.0. The van der Waals surface area contributed by atoms with Crippen LogP contribution in [0, 0.1) is 16.9 Å². The average Bonchev–Trinajstić information content (AvgIpc) is 2.34. The van der Waals surface area contributed by atoms with E-state index in [0.29, 0.717) is 5.02 Å². The predicted octanol–water partition coefficient (Wildman–Crippen LogP) is 4.19. The highest BCUT2D eigenvalue weighted by atomic mass is 35.5. The highest BCUT2D eigenvalue weighted by molar-refractivity contribution is 7.99. The zero-order valence-corrected chi connectivity index (χ0v) is 12.5. The topological polar surface area (TPSA) is 71.4 Å². The number of carboxylic acid groups (broad SMARTS) is 1. The monoisotopic (exact) mass is 302 g/mol. The molecule has 1 aromatic rings. The van der Waals surface area contributed by atoms with Gasteiger partial charge in [0.25, 0.3) is 0 Å². The minimum absolute atomic E-state index is 0.0477. The lowest BCUT2D eigenvalue weighted by Gasteiger charge is -2.34. The maximum absolute atomic E-state index is 11.2. The van der Waals surface area contributed by atoms with Crippen LogP contribution in [0.1, 0.15) is 41.8 Å². The lowest BCUT2D eigenvalue weighted by Crippen LogP contribution is -2.25. The summed E-state index contributed by atoms with van der Waals surface area (Å²) in [5.41, 5.74) is 2.19. The molecular formula is C13H15ClO4S. The Balaban J connectivity index is 0.000000861. The lowest BCUT2D eigenvalue weighted by molar-refractivity contribution is 0.0696. The molecule has 1 aliphatic rings. The van der Waals surface area contributed by atoms with Crippen LogP contribution in [0.25, 0.3) is 0 Å². The molecule has 4 nitrogen and oxygen atoms in total. The fourth-order valence-corrected chi connectivity index (χ4v) is 4.42. The molecule has 1 aromatic carbocycles. The van der Waals surface area contributed by atoms with E-state index in [4.69, 9.17) is 21.5 Å². The van der Waals surface area contributed by atoms with Gasteiger partial charge >= 0.3 is 5.97 Å². The van der Waals surface area contributed by atoms with E-state index in [1.807, 2.05) is 6.92 Å². The normalized spacial score (nSPS) is 16.0. The number of fused-ring (bicyclic) bond motifs is 1. The molecule has 2 rings (SSSR count). The van der Waals surface area contributed by atoms with Crippen LogP contribution in [0.5, 0.6) is 0 Å². The Labute approximate surface area is 120 Å². The number of rotatable bonds is 1. The second-order valence-corrected chi connectivity index (χ2v) is 6.53. The average molecular weight is 303 g/mol. The number of halogens is 1. The summed E-state index contributed by atoms with van der Waals surface area (Å²) in [5.74, 6) is 0.108. The van der Waals surface area contributed by atoms with Crippen LogP contribution in [0.2, 0.25) is 5.02 Å². The van der Waals surface area contributed by atoms with Crippen LogP contribution in [0.3, 0.4) is 0 Å². The van der Waals surface area contributed by atoms with Gasteiger partial charge in [0.05, 0.1) is 10.6 Å². The summed E-state index contributed by atoms with van der Waals surface area (Å²) in [4.78, 5) is 26.3. The first-order valence-electron chi connectivity index (χ1n) is 5.71. The molecule has 0 atom stereocenters. The molecule has 0 saturated carbocycles. The minimum atomic E-state index is -0.952. The maximum Gasteiger partial charge on any atom is 0.337 e. The van der Waals surface area contributed by atoms with Gasteiger partial charge in [-0.25, -0.2) is 4.79 Å². The van der Waals surface area contributed by atoms with E-state index in [1.54, 1.807) is 17.8 Å². The first-order valence-corrected chi connectivity index (χ1v) is 7.07. The fourth-order valence-electron chi connectivity index (χ4n) is 2.26. The van der Waals surface area contributed by atoms with Gasteiger partial charge < -0.3 is 5.11 Å². The van der Waals surface area contributed by atoms with Crippen LogP contribution < -0.4 is 0 Å². The number of hydrogen-bond donors (Lipinski definition) is 1. The van der Waals surface area contributed by atoms with Crippen LogP contribution in [0.4, 0.5) is 0 Å². The Bertz CT molecular complexity index is 514. The quantitative estimate of drug-likeness (QED) is 0.842. The van der Waals surface area contributed by atoms with Crippen LogP contribution in [0.15, 0.2) is 11.0 Å². The number of aryl methyl sites for hydroxylation is 1. The number of carbonyl (C=O) groups is 1.